The second-order valence-electron chi connectivity index (χ2n) is 3.46. The van der Waals surface area contributed by atoms with Gasteiger partial charge in [0.2, 0.25) is 0 Å². The van der Waals surface area contributed by atoms with Crippen LogP contribution in [0.2, 0.25) is 0 Å². The highest BCUT2D eigenvalue weighted by atomic mass is 19.3. The van der Waals surface area contributed by atoms with Crippen LogP contribution in [0.3, 0.4) is 0 Å². The lowest BCUT2D eigenvalue weighted by molar-refractivity contribution is -0.0494. The minimum atomic E-state index is -2.94. The molecule has 5 nitrogen and oxygen atoms in total. The molecule has 0 radical (unpaired) electrons. The molecular formula is C11H15F2NO4. The van der Waals surface area contributed by atoms with E-state index in [0.717, 1.165) is 0 Å². The van der Waals surface area contributed by atoms with Gasteiger partial charge in [0, 0.05) is 12.6 Å². The maximum Gasteiger partial charge on any atom is 0.387 e. The first-order chi connectivity index (χ1) is 8.56. The van der Waals surface area contributed by atoms with Gasteiger partial charge in [-0.25, -0.2) is 0 Å². The van der Waals surface area contributed by atoms with Gasteiger partial charge in [0.25, 0.3) is 0 Å². The molecule has 0 aliphatic rings. The lowest BCUT2D eigenvalue weighted by atomic mass is 10.2. The molecule has 0 aliphatic heterocycles. The van der Waals surface area contributed by atoms with Gasteiger partial charge in [-0.05, 0) is 12.1 Å². The van der Waals surface area contributed by atoms with Crippen molar-refractivity contribution < 1.29 is 28.5 Å². The SMILES string of the molecule is COc1ccc(OC(F)F)c(NCC(O)CO)c1. The van der Waals surface area contributed by atoms with E-state index in [1.807, 2.05) is 0 Å². The Balaban J connectivity index is 2.82. The summed E-state index contributed by atoms with van der Waals surface area (Å²) in [5.41, 5.74) is 0.252. The largest absolute Gasteiger partial charge is 0.497 e. The molecule has 0 amide bonds. The summed E-state index contributed by atoms with van der Waals surface area (Å²) in [6.45, 7) is -3.37. The number of halogens is 2. The summed E-state index contributed by atoms with van der Waals surface area (Å²) in [5.74, 6) is 0.397. The molecule has 7 heteroatoms. The van der Waals surface area contributed by atoms with E-state index in [9.17, 15) is 13.9 Å². The van der Waals surface area contributed by atoms with E-state index in [0.29, 0.717) is 5.75 Å². The second-order valence-corrected chi connectivity index (χ2v) is 3.46. The molecule has 3 N–H and O–H groups in total. The normalized spacial score (nSPS) is 12.3. The van der Waals surface area contributed by atoms with Crippen LogP contribution in [-0.2, 0) is 0 Å². The average molecular weight is 263 g/mol. The van der Waals surface area contributed by atoms with Crippen molar-refractivity contribution in [3.63, 3.8) is 0 Å². The monoisotopic (exact) mass is 263 g/mol. The van der Waals surface area contributed by atoms with Crippen molar-refractivity contribution in [2.75, 3.05) is 25.6 Å². The number of aliphatic hydroxyl groups excluding tert-OH is 2. The smallest absolute Gasteiger partial charge is 0.387 e. The van der Waals surface area contributed by atoms with Crippen molar-refractivity contribution in [3.8, 4) is 11.5 Å². The molecule has 0 spiro atoms. The topological polar surface area (TPSA) is 71.0 Å². The molecule has 0 saturated heterocycles. The summed E-state index contributed by atoms with van der Waals surface area (Å²) in [6, 6.07) is 4.27. The van der Waals surface area contributed by atoms with Crippen LogP contribution in [0.25, 0.3) is 0 Å². The maximum absolute atomic E-state index is 12.2. The fourth-order valence-electron chi connectivity index (χ4n) is 1.27. The molecule has 0 saturated carbocycles. The molecule has 1 aromatic carbocycles. The Bertz CT molecular complexity index is 376. The van der Waals surface area contributed by atoms with E-state index >= 15 is 0 Å². The maximum atomic E-state index is 12.2. The van der Waals surface area contributed by atoms with Crippen LogP contribution in [0.4, 0.5) is 14.5 Å². The fraction of sp³-hybridized carbons (Fsp3) is 0.455. The zero-order valence-electron chi connectivity index (χ0n) is 9.77. The standard InChI is InChI=1S/C11H15F2NO4/c1-17-8-2-3-10(18-11(12)13)9(4-8)14-5-7(16)6-15/h2-4,7,11,14-16H,5-6H2,1H3. The molecule has 102 valence electrons. The van der Waals surface area contributed by atoms with Crippen molar-refractivity contribution in [3.05, 3.63) is 18.2 Å². The third-order valence-corrected chi connectivity index (χ3v) is 2.14. The summed E-state index contributed by atoms with van der Waals surface area (Å²) in [4.78, 5) is 0. The van der Waals surface area contributed by atoms with Crippen molar-refractivity contribution in [1.29, 1.82) is 0 Å². The van der Waals surface area contributed by atoms with Crippen molar-refractivity contribution >= 4 is 5.69 Å². The van der Waals surface area contributed by atoms with Crippen molar-refractivity contribution in [1.82, 2.24) is 0 Å². The van der Waals surface area contributed by atoms with Gasteiger partial charge in [0.1, 0.15) is 11.5 Å². The van der Waals surface area contributed by atoms with Gasteiger partial charge in [-0.2, -0.15) is 8.78 Å². The molecule has 1 rings (SSSR count). The van der Waals surface area contributed by atoms with E-state index in [-0.39, 0.29) is 18.0 Å². The Morgan fingerprint density at radius 1 is 1.39 bits per heavy atom. The second kappa shape index (κ2) is 6.97. The lowest BCUT2D eigenvalue weighted by Gasteiger charge is -2.15. The number of rotatable bonds is 7. The molecule has 1 aromatic rings. The zero-order valence-corrected chi connectivity index (χ0v) is 9.77. The number of alkyl halides is 2. The lowest BCUT2D eigenvalue weighted by Crippen LogP contribution is -2.23. The van der Waals surface area contributed by atoms with Gasteiger partial charge in [0.05, 0.1) is 25.5 Å². The van der Waals surface area contributed by atoms with Crippen LogP contribution in [0.5, 0.6) is 11.5 Å². The van der Waals surface area contributed by atoms with Gasteiger partial charge in [-0.15, -0.1) is 0 Å². The minimum absolute atomic E-state index is 0.00324. The summed E-state index contributed by atoms with van der Waals surface area (Å²) in [6.07, 6.45) is -0.990. The van der Waals surface area contributed by atoms with Gasteiger partial charge in [-0.3, -0.25) is 0 Å². The summed E-state index contributed by atoms with van der Waals surface area (Å²) in [5, 5.41) is 20.5. The first-order valence-corrected chi connectivity index (χ1v) is 5.22. The number of anilines is 1. The Morgan fingerprint density at radius 3 is 2.67 bits per heavy atom. The molecule has 1 atom stereocenters. The number of benzene rings is 1. The Labute approximate surface area is 103 Å². The third kappa shape index (κ3) is 4.34. The van der Waals surface area contributed by atoms with E-state index in [1.54, 1.807) is 0 Å². The highest BCUT2D eigenvalue weighted by molar-refractivity contribution is 5.59. The van der Waals surface area contributed by atoms with Crippen LogP contribution in [0.1, 0.15) is 0 Å². The molecule has 0 aliphatic carbocycles. The van der Waals surface area contributed by atoms with Gasteiger partial charge < -0.3 is 25.0 Å². The predicted molar refractivity (Wildman–Crippen MR) is 61.2 cm³/mol. The van der Waals surface area contributed by atoms with E-state index < -0.39 is 19.3 Å². The molecule has 0 bridgehead atoms. The Hall–Kier alpha value is -1.60. The van der Waals surface area contributed by atoms with E-state index in [4.69, 9.17) is 9.84 Å². The van der Waals surface area contributed by atoms with Crippen molar-refractivity contribution in [2.24, 2.45) is 0 Å². The Kier molecular flexibility index (Phi) is 5.60. The summed E-state index contributed by atoms with van der Waals surface area (Å²) in [7, 11) is 1.44. The number of ether oxygens (including phenoxy) is 2. The van der Waals surface area contributed by atoms with Crippen LogP contribution >= 0.6 is 0 Å². The van der Waals surface area contributed by atoms with Gasteiger partial charge in [0.15, 0.2) is 0 Å². The molecular weight excluding hydrogens is 248 g/mol. The van der Waals surface area contributed by atoms with Crippen LogP contribution in [-0.4, -0.2) is 43.2 Å². The third-order valence-electron chi connectivity index (χ3n) is 2.14. The zero-order chi connectivity index (χ0) is 13.5. The number of aliphatic hydroxyl groups is 2. The Morgan fingerprint density at radius 2 is 2.11 bits per heavy atom. The predicted octanol–water partition coefficient (Wildman–Crippen LogP) is 1.06. The number of hydrogen-bond donors (Lipinski definition) is 3. The molecule has 1 unspecified atom stereocenters. The van der Waals surface area contributed by atoms with Crippen LogP contribution in [0.15, 0.2) is 18.2 Å². The first kappa shape index (κ1) is 14.5. The van der Waals surface area contributed by atoms with Crippen molar-refractivity contribution in [2.45, 2.75) is 12.7 Å². The molecule has 0 heterocycles. The number of methoxy groups -OCH3 is 1. The highest BCUT2D eigenvalue weighted by Crippen LogP contribution is 2.30. The van der Waals surface area contributed by atoms with E-state index in [1.165, 1.54) is 25.3 Å². The van der Waals surface area contributed by atoms with Gasteiger partial charge in [-0.1, -0.05) is 0 Å². The van der Waals surface area contributed by atoms with Gasteiger partial charge >= 0.3 is 6.61 Å². The summed E-state index contributed by atoms with van der Waals surface area (Å²) < 4.78 is 33.6. The highest BCUT2D eigenvalue weighted by Gasteiger charge is 2.12. The quantitative estimate of drug-likeness (QED) is 0.686. The number of nitrogens with one attached hydrogen (secondary N) is 1. The fourth-order valence-corrected chi connectivity index (χ4v) is 1.27. The average Bonchev–Trinajstić information content (AvgIpc) is 2.36. The van der Waals surface area contributed by atoms with E-state index in [2.05, 4.69) is 10.1 Å². The first-order valence-electron chi connectivity index (χ1n) is 5.22. The summed E-state index contributed by atoms with van der Waals surface area (Å²) >= 11 is 0. The molecule has 0 aromatic heterocycles. The minimum Gasteiger partial charge on any atom is -0.497 e. The van der Waals surface area contributed by atoms with Crippen LogP contribution < -0.4 is 14.8 Å². The molecule has 0 fully saturated rings. The number of hydrogen-bond acceptors (Lipinski definition) is 5. The van der Waals surface area contributed by atoms with Crippen LogP contribution in [0, 0.1) is 0 Å². The molecule has 18 heavy (non-hydrogen) atoms.